The number of carbonyl (C=O) groups excluding carboxylic acids is 1. The highest BCUT2D eigenvalue weighted by atomic mass is 16.2. The van der Waals surface area contributed by atoms with E-state index in [4.69, 9.17) is 0 Å². The van der Waals surface area contributed by atoms with Crippen LogP contribution in [-0.2, 0) is 24.8 Å². The third kappa shape index (κ3) is 4.32. The standard InChI is InChI=1S/C20H27N5O3/c1-3-25-17(12-18(26)23(2)20(25)28)24-11-5-7-16(14-24)19(27)22-10-8-15-6-4-9-21-13-15/h4,6,9,12-13,16H,3,5,7-8,10-11,14H2,1-2H3,(H,22,27). The molecule has 0 radical (unpaired) electrons. The summed E-state index contributed by atoms with van der Waals surface area (Å²) in [7, 11) is 1.48. The van der Waals surface area contributed by atoms with Gasteiger partial charge in [0.25, 0.3) is 5.56 Å². The molecule has 1 saturated heterocycles. The third-order valence-corrected chi connectivity index (χ3v) is 5.25. The van der Waals surface area contributed by atoms with Gasteiger partial charge in [0.1, 0.15) is 5.82 Å². The second-order valence-corrected chi connectivity index (χ2v) is 7.11. The quantitative estimate of drug-likeness (QED) is 0.784. The van der Waals surface area contributed by atoms with Crippen molar-refractivity contribution in [1.29, 1.82) is 0 Å². The van der Waals surface area contributed by atoms with Crippen LogP contribution in [0.2, 0.25) is 0 Å². The summed E-state index contributed by atoms with van der Waals surface area (Å²) in [4.78, 5) is 43.2. The van der Waals surface area contributed by atoms with Gasteiger partial charge < -0.3 is 10.2 Å². The zero-order valence-electron chi connectivity index (χ0n) is 16.4. The van der Waals surface area contributed by atoms with Crippen molar-refractivity contribution in [2.45, 2.75) is 32.7 Å². The molecule has 28 heavy (non-hydrogen) atoms. The van der Waals surface area contributed by atoms with E-state index in [1.807, 2.05) is 24.0 Å². The number of nitrogens with one attached hydrogen (secondary N) is 1. The molecule has 8 nitrogen and oxygen atoms in total. The minimum Gasteiger partial charge on any atom is -0.357 e. The fraction of sp³-hybridized carbons (Fsp3) is 0.500. The highest BCUT2D eigenvalue weighted by Crippen LogP contribution is 2.22. The SMILES string of the molecule is CCn1c(N2CCCC(C(=O)NCCc3cccnc3)C2)cc(=O)n(C)c1=O. The number of piperidine rings is 1. The number of pyridine rings is 1. The van der Waals surface area contributed by atoms with Crippen LogP contribution in [0.4, 0.5) is 5.82 Å². The molecular weight excluding hydrogens is 358 g/mol. The summed E-state index contributed by atoms with van der Waals surface area (Å²) >= 11 is 0. The smallest absolute Gasteiger partial charge is 0.332 e. The molecule has 1 fully saturated rings. The second-order valence-electron chi connectivity index (χ2n) is 7.11. The number of amides is 1. The van der Waals surface area contributed by atoms with Gasteiger partial charge in [-0.25, -0.2) is 4.79 Å². The van der Waals surface area contributed by atoms with Crippen molar-refractivity contribution in [2.75, 3.05) is 24.5 Å². The molecule has 1 atom stereocenters. The Bertz CT molecular complexity index is 935. The summed E-state index contributed by atoms with van der Waals surface area (Å²) in [5, 5.41) is 3.01. The molecule has 0 saturated carbocycles. The predicted octanol–water partition coefficient (Wildman–Crippen LogP) is 0.537. The molecule has 0 bridgehead atoms. The third-order valence-electron chi connectivity index (χ3n) is 5.25. The molecule has 1 aliphatic heterocycles. The summed E-state index contributed by atoms with van der Waals surface area (Å²) in [6.07, 6.45) is 5.91. The summed E-state index contributed by atoms with van der Waals surface area (Å²) in [6, 6.07) is 5.36. The Hall–Kier alpha value is -2.90. The molecule has 2 aromatic rings. The highest BCUT2D eigenvalue weighted by Gasteiger charge is 2.27. The van der Waals surface area contributed by atoms with Crippen molar-refractivity contribution >= 4 is 11.7 Å². The van der Waals surface area contributed by atoms with Crippen molar-refractivity contribution in [2.24, 2.45) is 13.0 Å². The van der Waals surface area contributed by atoms with E-state index in [9.17, 15) is 14.4 Å². The van der Waals surface area contributed by atoms with Crippen LogP contribution in [0.25, 0.3) is 0 Å². The van der Waals surface area contributed by atoms with Crippen LogP contribution >= 0.6 is 0 Å². The van der Waals surface area contributed by atoms with Crippen LogP contribution in [0, 0.1) is 5.92 Å². The van der Waals surface area contributed by atoms with Gasteiger partial charge in [-0.15, -0.1) is 0 Å². The average molecular weight is 385 g/mol. The maximum absolute atomic E-state index is 12.6. The minimum absolute atomic E-state index is 0.0165. The fourth-order valence-electron chi connectivity index (χ4n) is 3.64. The molecule has 1 unspecified atom stereocenters. The van der Waals surface area contributed by atoms with Crippen LogP contribution < -0.4 is 21.5 Å². The Labute approximate surface area is 163 Å². The number of carbonyl (C=O) groups is 1. The normalized spacial score (nSPS) is 16.8. The molecule has 3 rings (SSSR count). The molecule has 3 heterocycles. The summed E-state index contributed by atoms with van der Waals surface area (Å²) in [5.74, 6) is 0.457. The minimum atomic E-state index is -0.326. The maximum atomic E-state index is 12.6. The van der Waals surface area contributed by atoms with Crippen molar-refractivity contribution in [1.82, 2.24) is 19.4 Å². The highest BCUT2D eigenvalue weighted by molar-refractivity contribution is 5.79. The van der Waals surface area contributed by atoms with Crippen molar-refractivity contribution < 1.29 is 4.79 Å². The van der Waals surface area contributed by atoms with E-state index in [0.717, 1.165) is 35.9 Å². The molecule has 0 aliphatic carbocycles. The molecule has 1 amide bonds. The number of anilines is 1. The Morgan fingerprint density at radius 1 is 1.36 bits per heavy atom. The molecule has 2 aromatic heterocycles. The Kier molecular flexibility index (Phi) is 6.28. The largest absolute Gasteiger partial charge is 0.357 e. The average Bonchev–Trinajstić information content (AvgIpc) is 2.72. The molecule has 8 heteroatoms. The van der Waals surface area contributed by atoms with Crippen LogP contribution in [0.5, 0.6) is 0 Å². The summed E-state index contributed by atoms with van der Waals surface area (Å²) in [6.45, 7) is 4.15. The molecular formula is C20H27N5O3. The first-order valence-corrected chi connectivity index (χ1v) is 9.73. The maximum Gasteiger partial charge on any atom is 0.332 e. The van der Waals surface area contributed by atoms with Gasteiger partial charge >= 0.3 is 5.69 Å². The van der Waals surface area contributed by atoms with Gasteiger partial charge in [-0.2, -0.15) is 0 Å². The van der Waals surface area contributed by atoms with Crippen LogP contribution in [0.3, 0.4) is 0 Å². The van der Waals surface area contributed by atoms with E-state index in [1.165, 1.54) is 13.1 Å². The lowest BCUT2D eigenvalue weighted by atomic mass is 9.97. The first-order valence-electron chi connectivity index (χ1n) is 9.73. The van der Waals surface area contributed by atoms with Gasteiger partial charge in [0.2, 0.25) is 5.91 Å². The lowest BCUT2D eigenvalue weighted by Crippen LogP contribution is -2.47. The number of hydrogen-bond acceptors (Lipinski definition) is 5. The van der Waals surface area contributed by atoms with Crippen LogP contribution in [0.1, 0.15) is 25.3 Å². The lowest BCUT2D eigenvalue weighted by Gasteiger charge is -2.34. The summed E-state index contributed by atoms with van der Waals surface area (Å²) in [5.41, 5.74) is 0.431. The monoisotopic (exact) mass is 385 g/mol. The number of rotatable bonds is 6. The molecule has 1 aliphatic rings. The number of hydrogen-bond donors (Lipinski definition) is 1. The van der Waals surface area contributed by atoms with E-state index in [1.54, 1.807) is 17.0 Å². The van der Waals surface area contributed by atoms with Gasteiger partial charge in [-0.05, 0) is 37.8 Å². The first-order chi connectivity index (χ1) is 13.5. The van der Waals surface area contributed by atoms with Gasteiger partial charge in [-0.1, -0.05) is 6.07 Å². The van der Waals surface area contributed by atoms with E-state index < -0.39 is 0 Å². The topological polar surface area (TPSA) is 89.2 Å². The van der Waals surface area contributed by atoms with E-state index in [-0.39, 0.29) is 23.1 Å². The van der Waals surface area contributed by atoms with E-state index >= 15 is 0 Å². The Morgan fingerprint density at radius 3 is 2.89 bits per heavy atom. The van der Waals surface area contributed by atoms with Gasteiger partial charge in [0.05, 0.1) is 5.92 Å². The van der Waals surface area contributed by atoms with Gasteiger partial charge in [0, 0.05) is 51.7 Å². The van der Waals surface area contributed by atoms with Crippen molar-refractivity contribution in [3.05, 3.63) is 57.0 Å². The summed E-state index contributed by atoms with van der Waals surface area (Å²) < 4.78 is 2.70. The Balaban J connectivity index is 1.66. The van der Waals surface area contributed by atoms with E-state index in [0.29, 0.717) is 25.5 Å². The fourth-order valence-corrected chi connectivity index (χ4v) is 3.64. The van der Waals surface area contributed by atoms with Crippen LogP contribution in [0.15, 0.2) is 40.2 Å². The number of aromatic nitrogens is 3. The zero-order valence-corrected chi connectivity index (χ0v) is 16.4. The van der Waals surface area contributed by atoms with Crippen molar-refractivity contribution in [3.8, 4) is 0 Å². The molecule has 0 aromatic carbocycles. The van der Waals surface area contributed by atoms with Crippen molar-refractivity contribution in [3.63, 3.8) is 0 Å². The molecule has 1 N–H and O–H groups in total. The van der Waals surface area contributed by atoms with Gasteiger partial charge in [0.15, 0.2) is 0 Å². The predicted molar refractivity (Wildman–Crippen MR) is 108 cm³/mol. The zero-order chi connectivity index (χ0) is 20.1. The van der Waals surface area contributed by atoms with E-state index in [2.05, 4.69) is 10.3 Å². The molecule has 150 valence electrons. The van der Waals surface area contributed by atoms with Crippen LogP contribution in [-0.4, -0.2) is 39.7 Å². The Morgan fingerprint density at radius 2 is 2.18 bits per heavy atom. The first kappa shape index (κ1) is 19.9. The number of nitrogens with zero attached hydrogens (tertiary/aromatic N) is 4. The second kappa shape index (κ2) is 8.86. The van der Waals surface area contributed by atoms with Gasteiger partial charge in [-0.3, -0.25) is 23.7 Å². The molecule has 0 spiro atoms. The lowest BCUT2D eigenvalue weighted by molar-refractivity contribution is -0.125.